The highest BCUT2D eigenvalue weighted by molar-refractivity contribution is 7.80. The number of nitrogens with one attached hydrogen (secondary N) is 4. The monoisotopic (exact) mass is 471 g/mol. The summed E-state index contributed by atoms with van der Waals surface area (Å²) >= 11 is 3.90. The second kappa shape index (κ2) is 12.7. The van der Waals surface area contributed by atoms with Crippen molar-refractivity contribution in [2.45, 2.75) is 50.9 Å². The molecule has 32 heavy (non-hydrogen) atoms. The van der Waals surface area contributed by atoms with Gasteiger partial charge in [-0.2, -0.15) is 12.6 Å². The van der Waals surface area contributed by atoms with Crippen LogP contribution in [0.25, 0.3) is 0 Å². The highest BCUT2D eigenvalue weighted by atomic mass is 32.1. The molecule has 178 valence electrons. The predicted molar refractivity (Wildman–Crippen MR) is 116 cm³/mol. The van der Waals surface area contributed by atoms with E-state index in [-0.39, 0.29) is 12.2 Å². The Kier molecular flexibility index (Phi) is 10.6. The molecule has 0 aliphatic heterocycles. The van der Waals surface area contributed by atoms with Gasteiger partial charge in [0.15, 0.2) is 0 Å². The van der Waals surface area contributed by atoms with Gasteiger partial charge in [-0.3, -0.25) is 19.2 Å². The van der Waals surface area contributed by atoms with Crippen LogP contribution in [0, 0.1) is 5.92 Å². The van der Waals surface area contributed by atoms with Gasteiger partial charge in [0.1, 0.15) is 18.1 Å². The first-order chi connectivity index (χ1) is 15.0. The summed E-state index contributed by atoms with van der Waals surface area (Å²) in [6.07, 6.45) is 2.22. The summed E-state index contributed by atoms with van der Waals surface area (Å²) in [4.78, 5) is 67.0. The van der Waals surface area contributed by atoms with Crippen molar-refractivity contribution in [3.8, 4) is 0 Å². The lowest BCUT2D eigenvalue weighted by molar-refractivity contribution is -0.142. The van der Waals surface area contributed by atoms with Crippen molar-refractivity contribution in [1.82, 2.24) is 25.9 Å². The average Bonchev–Trinajstić information content (AvgIpc) is 3.22. The molecule has 1 rings (SSSR count). The number of nitrogens with zero attached hydrogens (tertiary/aromatic N) is 1. The molecule has 0 bridgehead atoms. The molecule has 0 aliphatic carbocycles. The summed E-state index contributed by atoms with van der Waals surface area (Å²) in [5.41, 5.74) is 11.2. The molecule has 0 saturated carbocycles. The zero-order chi connectivity index (χ0) is 24.4. The van der Waals surface area contributed by atoms with Crippen molar-refractivity contribution >= 4 is 42.2 Å². The minimum absolute atomic E-state index is 0.000672. The Morgan fingerprint density at radius 2 is 1.72 bits per heavy atom. The molecule has 1 aromatic heterocycles. The van der Waals surface area contributed by atoms with Crippen molar-refractivity contribution in [1.29, 1.82) is 0 Å². The number of carbonyl (C=O) groups excluding carboxylic acids is 4. The van der Waals surface area contributed by atoms with Crippen LogP contribution in [-0.2, 0) is 30.4 Å². The summed E-state index contributed by atoms with van der Waals surface area (Å²) in [5, 5.41) is 16.6. The topological polar surface area (TPSA) is 222 Å². The maximum Gasteiger partial charge on any atom is 0.326 e. The third-order valence-electron chi connectivity index (χ3n) is 4.41. The van der Waals surface area contributed by atoms with Crippen LogP contribution in [0.2, 0.25) is 0 Å². The van der Waals surface area contributed by atoms with Gasteiger partial charge >= 0.3 is 5.97 Å². The Balaban J connectivity index is 2.93. The number of primary amides is 1. The molecule has 0 saturated heterocycles. The summed E-state index contributed by atoms with van der Waals surface area (Å²) in [6, 6.07) is -4.84. The van der Waals surface area contributed by atoms with Crippen LogP contribution in [0.1, 0.15) is 26.0 Å². The number of hydrogen-bond acceptors (Lipinski definition) is 8. The van der Waals surface area contributed by atoms with Crippen molar-refractivity contribution in [3.63, 3.8) is 0 Å². The van der Waals surface area contributed by atoms with E-state index in [1.165, 1.54) is 12.5 Å². The molecule has 0 radical (unpaired) electrons. The number of rotatable bonds is 13. The molecule has 13 nitrogen and oxygen atoms in total. The number of thiol groups is 1. The van der Waals surface area contributed by atoms with E-state index in [4.69, 9.17) is 11.5 Å². The molecule has 4 unspecified atom stereocenters. The second-order valence-corrected chi connectivity index (χ2v) is 7.80. The fourth-order valence-electron chi connectivity index (χ4n) is 2.64. The second-order valence-electron chi connectivity index (χ2n) is 7.43. The van der Waals surface area contributed by atoms with Crippen molar-refractivity contribution in [3.05, 3.63) is 18.2 Å². The maximum absolute atomic E-state index is 12.8. The van der Waals surface area contributed by atoms with Gasteiger partial charge in [0.05, 0.1) is 18.8 Å². The van der Waals surface area contributed by atoms with Gasteiger partial charge in [-0.25, -0.2) is 9.78 Å². The first kappa shape index (κ1) is 26.9. The van der Waals surface area contributed by atoms with Gasteiger partial charge in [-0.05, 0) is 5.92 Å². The van der Waals surface area contributed by atoms with E-state index >= 15 is 0 Å². The number of carboxylic acid groups (broad SMARTS) is 1. The van der Waals surface area contributed by atoms with Gasteiger partial charge in [0, 0.05) is 24.1 Å². The van der Waals surface area contributed by atoms with E-state index in [9.17, 15) is 29.1 Å². The van der Waals surface area contributed by atoms with E-state index in [1.54, 1.807) is 13.8 Å². The summed E-state index contributed by atoms with van der Waals surface area (Å²) < 4.78 is 0. The Labute approximate surface area is 189 Å². The van der Waals surface area contributed by atoms with E-state index < -0.39 is 66.1 Å². The number of carboxylic acids is 1. The van der Waals surface area contributed by atoms with E-state index in [0.29, 0.717) is 5.69 Å². The lowest BCUT2D eigenvalue weighted by atomic mass is 10.0. The SMILES string of the molecule is CC(C)C(NC(=O)C(CC(N)=O)NC(=O)C(N)CS)C(=O)NC(Cc1cnc[nH]1)C(=O)O. The smallest absolute Gasteiger partial charge is 0.326 e. The zero-order valence-electron chi connectivity index (χ0n) is 17.7. The highest BCUT2D eigenvalue weighted by Crippen LogP contribution is 2.06. The molecule has 0 fully saturated rings. The van der Waals surface area contributed by atoms with Gasteiger partial charge in [-0.1, -0.05) is 13.8 Å². The quantitative estimate of drug-likeness (QED) is 0.141. The highest BCUT2D eigenvalue weighted by Gasteiger charge is 2.32. The number of hydrogen-bond donors (Lipinski definition) is 8. The number of amides is 4. The van der Waals surface area contributed by atoms with Gasteiger partial charge < -0.3 is 37.5 Å². The maximum atomic E-state index is 12.8. The number of H-pyrrole nitrogens is 1. The fraction of sp³-hybridized carbons (Fsp3) is 0.556. The van der Waals surface area contributed by atoms with Crippen LogP contribution in [0.3, 0.4) is 0 Å². The molecule has 14 heteroatoms. The molecule has 0 aliphatic rings. The molecular weight excluding hydrogens is 442 g/mol. The molecule has 1 heterocycles. The Hall–Kier alpha value is -3.13. The molecular formula is C18H29N7O6S. The van der Waals surface area contributed by atoms with Crippen molar-refractivity contribution in [2.75, 3.05) is 5.75 Å². The van der Waals surface area contributed by atoms with Crippen LogP contribution in [0.15, 0.2) is 12.5 Å². The fourth-order valence-corrected chi connectivity index (χ4v) is 2.80. The molecule has 4 amide bonds. The van der Waals surface area contributed by atoms with Gasteiger partial charge in [0.2, 0.25) is 23.6 Å². The first-order valence-corrected chi connectivity index (χ1v) is 10.3. The van der Waals surface area contributed by atoms with Crippen molar-refractivity contribution < 1.29 is 29.1 Å². The Bertz CT molecular complexity index is 817. The van der Waals surface area contributed by atoms with Crippen LogP contribution in [-0.4, -0.2) is 74.6 Å². The number of aliphatic carboxylic acids is 1. The summed E-state index contributed by atoms with van der Waals surface area (Å²) in [7, 11) is 0. The number of imidazole rings is 1. The average molecular weight is 472 g/mol. The van der Waals surface area contributed by atoms with E-state index in [0.717, 1.165) is 0 Å². The Morgan fingerprint density at radius 3 is 2.19 bits per heavy atom. The van der Waals surface area contributed by atoms with Crippen LogP contribution < -0.4 is 27.4 Å². The lowest BCUT2D eigenvalue weighted by Gasteiger charge is -2.26. The largest absolute Gasteiger partial charge is 0.480 e. The molecule has 0 aromatic carbocycles. The number of carbonyl (C=O) groups is 5. The van der Waals surface area contributed by atoms with Crippen LogP contribution in [0.5, 0.6) is 0 Å². The molecule has 4 atom stereocenters. The van der Waals surface area contributed by atoms with E-state index in [2.05, 4.69) is 38.5 Å². The normalized spacial score (nSPS) is 14.7. The van der Waals surface area contributed by atoms with Gasteiger partial charge in [-0.15, -0.1) is 0 Å². The standard InChI is InChI=1S/C18H29N7O6S/c1-8(2)14(17(29)24-12(18(30)31)3-9-5-21-7-22-9)25-16(28)11(4-13(20)26)23-15(27)10(19)6-32/h5,7-8,10-12,14,32H,3-4,6,19H2,1-2H3,(H2,20,26)(H,21,22)(H,23,27)(H,24,29)(H,25,28)(H,30,31). The minimum atomic E-state index is -1.37. The zero-order valence-corrected chi connectivity index (χ0v) is 18.6. The third-order valence-corrected chi connectivity index (χ3v) is 4.81. The predicted octanol–water partition coefficient (Wildman–Crippen LogP) is -2.72. The third kappa shape index (κ3) is 8.55. The van der Waals surface area contributed by atoms with Crippen LogP contribution >= 0.6 is 12.6 Å². The number of aromatic amines is 1. The number of nitrogens with two attached hydrogens (primary N) is 2. The summed E-state index contributed by atoms with van der Waals surface area (Å²) in [5.74, 6) is -4.92. The summed E-state index contributed by atoms with van der Waals surface area (Å²) in [6.45, 7) is 3.27. The van der Waals surface area contributed by atoms with Gasteiger partial charge in [0.25, 0.3) is 0 Å². The van der Waals surface area contributed by atoms with E-state index in [1.807, 2.05) is 0 Å². The van der Waals surface area contributed by atoms with Crippen LogP contribution in [0.4, 0.5) is 0 Å². The molecule has 9 N–H and O–H groups in total. The minimum Gasteiger partial charge on any atom is -0.480 e. The number of aromatic nitrogens is 2. The molecule has 1 aromatic rings. The Morgan fingerprint density at radius 1 is 1.09 bits per heavy atom. The first-order valence-electron chi connectivity index (χ1n) is 9.72. The molecule has 0 spiro atoms. The lowest BCUT2D eigenvalue weighted by Crippen LogP contribution is -2.59. The van der Waals surface area contributed by atoms with Crippen molar-refractivity contribution in [2.24, 2.45) is 17.4 Å².